The van der Waals surface area contributed by atoms with Crippen LogP contribution in [0.1, 0.15) is 131 Å². The first-order valence-electron chi connectivity index (χ1n) is 24.6. The fourth-order valence-electron chi connectivity index (χ4n) is 9.22. The van der Waals surface area contributed by atoms with Crippen molar-refractivity contribution in [2.24, 2.45) is 0 Å². The van der Waals surface area contributed by atoms with Gasteiger partial charge in [-0.3, -0.25) is 9.59 Å². The minimum Gasteiger partial charge on any atom is -0.292 e. The van der Waals surface area contributed by atoms with Crippen LogP contribution >= 0.6 is 0 Å². The van der Waals surface area contributed by atoms with Gasteiger partial charge in [0.1, 0.15) is 52.7 Å². The molecular formula is C54H45BF20N2O2. The zero-order valence-electron chi connectivity index (χ0n) is 41.5. The molecule has 0 saturated heterocycles. The van der Waals surface area contributed by atoms with Gasteiger partial charge in [-0.2, -0.15) is 4.57 Å². The van der Waals surface area contributed by atoms with Crippen LogP contribution in [0.15, 0.2) is 48.9 Å². The minimum atomic E-state index is -7.22. The quantitative estimate of drug-likeness (QED) is 0.0115. The molecule has 5 aromatic carbocycles. The molecular weight excluding hydrogens is 1100 g/mol. The third-order valence-corrected chi connectivity index (χ3v) is 13.2. The summed E-state index contributed by atoms with van der Waals surface area (Å²) in [6.07, 6.45) is 18.1. The van der Waals surface area contributed by atoms with E-state index < -0.39 is 144 Å². The molecule has 1 heterocycles. The molecule has 0 bridgehead atoms. The Labute approximate surface area is 438 Å². The van der Waals surface area contributed by atoms with Crippen LogP contribution in [0.4, 0.5) is 87.8 Å². The van der Waals surface area contributed by atoms with Crippen LogP contribution in [-0.4, -0.2) is 22.7 Å². The molecule has 0 unspecified atom stereocenters. The molecule has 6 rings (SSSR count). The van der Waals surface area contributed by atoms with Gasteiger partial charge < -0.3 is 0 Å². The monoisotopic (exact) mass is 1140 g/mol. The molecule has 0 N–H and O–H groups in total. The van der Waals surface area contributed by atoms with E-state index in [2.05, 4.69) is 11.9 Å². The third kappa shape index (κ3) is 13.3. The van der Waals surface area contributed by atoms with Crippen LogP contribution in [0.3, 0.4) is 0 Å². The summed E-state index contributed by atoms with van der Waals surface area (Å²) in [5, 5.41) is 0. The van der Waals surface area contributed by atoms with Gasteiger partial charge in [-0.15, -0.1) is 21.9 Å². The summed E-state index contributed by atoms with van der Waals surface area (Å²) in [6.45, 7) is 2.49. The fourth-order valence-corrected chi connectivity index (χ4v) is 9.22. The van der Waals surface area contributed by atoms with Gasteiger partial charge >= 0.3 is 0 Å². The number of benzene rings is 5. The van der Waals surface area contributed by atoms with Crippen molar-refractivity contribution in [2.45, 2.75) is 116 Å². The highest BCUT2D eigenvalue weighted by Gasteiger charge is 2.52. The van der Waals surface area contributed by atoms with E-state index in [1.54, 1.807) is 23.2 Å². The lowest BCUT2D eigenvalue weighted by Gasteiger charge is -2.44. The molecule has 0 atom stereocenters. The van der Waals surface area contributed by atoms with E-state index in [1.165, 1.54) is 83.5 Å². The molecule has 1 aromatic heterocycles. The molecule has 79 heavy (non-hydrogen) atoms. The normalized spacial score (nSPS) is 11.6. The van der Waals surface area contributed by atoms with Crippen LogP contribution in [0, 0.1) is 116 Å². The molecule has 4 nitrogen and oxygen atoms in total. The van der Waals surface area contributed by atoms with E-state index in [0.717, 1.165) is 12.8 Å². The lowest BCUT2D eigenvalue weighted by atomic mass is 9.12. The van der Waals surface area contributed by atoms with Gasteiger partial charge in [-0.05, 0) is 6.42 Å². The second-order valence-electron chi connectivity index (χ2n) is 18.3. The van der Waals surface area contributed by atoms with Crippen LogP contribution < -0.4 is 26.4 Å². The Kier molecular flexibility index (Phi) is 22.2. The predicted molar refractivity (Wildman–Crippen MR) is 248 cm³/mol. The van der Waals surface area contributed by atoms with Crippen molar-refractivity contribution in [2.75, 3.05) is 0 Å². The van der Waals surface area contributed by atoms with Crippen molar-refractivity contribution in [1.82, 2.24) is 4.98 Å². The topological polar surface area (TPSA) is 50.9 Å². The summed E-state index contributed by atoms with van der Waals surface area (Å²) in [6, 6.07) is 9.23. The maximum atomic E-state index is 15.4. The first-order chi connectivity index (χ1) is 37.4. The van der Waals surface area contributed by atoms with Gasteiger partial charge in [0, 0.05) is 12.0 Å². The zero-order chi connectivity index (χ0) is 58.6. The largest absolute Gasteiger partial charge is 0.292 e. The van der Waals surface area contributed by atoms with E-state index in [-0.39, 0.29) is 18.1 Å². The van der Waals surface area contributed by atoms with Crippen LogP contribution in [0.5, 0.6) is 0 Å². The first kappa shape index (κ1) is 63.0. The van der Waals surface area contributed by atoms with E-state index in [1.807, 2.05) is 30.3 Å². The predicted octanol–water partition coefficient (Wildman–Crippen LogP) is 13.5. The maximum absolute atomic E-state index is 15.4. The summed E-state index contributed by atoms with van der Waals surface area (Å²) >= 11 is 0. The number of halogens is 20. The number of carbonyl (C=O) groups excluding carboxylic acids is 2. The lowest BCUT2D eigenvalue weighted by molar-refractivity contribution is -0.683. The molecule has 25 heteroatoms. The van der Waals surface area contributed by atoms with E-state index in [9.17, 15) is 62.3 Å². The summed E-state index contributed by atoms with van der Waals surface area (Å²) < 4.78 is 296. The number of hydrogen-bond donors (Lipinski definition) is 0. The molecule has 0 radical (unpaired) electrons. The van der Waals surface area contributed by atoms with E-state index in [0.29, 0.717) is 17.7 Å². The standard InChI is InChI=1S/C30H45N2O2.C24BF20/c1-2-3-4-5-6-7-8-9-10-11-12-13-14-15-19-22-29(33)28-25-32(24-23-31-28)26-30(34)27-20-17-16-18-21-27;26-5-1(6(27)14(35)21(42)13(5)34)25(2-7(28)15(36)22(43)16(37)8(2)29,3-9(30)17(38)23(44)18(39)10(3)31)4-11(32)19(40)24(45)20(41)12(4)33/h16-18,20-21,23-25H,2-15,19,22,26H2,1H3;/q+1;-1. The number of aromatic nitrogens is 2. The van der Waals surface area contributed by atoms with Crippen molar-refractivity contribution in [1.29, 1.82) is 0 Å². The number of Topliss-reactive ketones (excluding diaryl/α,β-unsaturated/α-hetero) is 2. The Hall–Kier alpha value is -6.82. The third-order valence-electron chi connectivity index (χ3n) is 13.2. The van der Waals surface area contributed by atoms with Gasteiger partial charge in [0.15, 0.2) is 93.7 Å². The van der Waals surface area contributed by atoms with Crippen molar-refractivity contribution >= 4 is 39.6 Å². The van der Waals surface area contributed by atoms with Crippen LogP contribution in [-0.2, 0) is 6.54 Å². The first-order valence-corrected chi connectivity index (χ1v) is 24.6. The summed E-state index contributed by atoms with van der Waals surface area (Å²) in [7, 11) is 0. The zero-order valence-corrected chi connectivity index (χ0v) is 41.5. The molecule has 0 saturated carbocycles. The Morgan fingerprint density at radius 3 is 0.962 bits per heavy atom. The number of unbranched alkanes of at least 4 members (excludes halogenated alkanes) is 14. The summed E-state index contributed by atoms with van der Waals surface area (Å²) in [4.78, 5) is 29.1. The summed E-state index contributed by atoms with van der Waals surface area (Å²) in [5.41, 5.74) is -13.2. The number of rotatable bonds is 24. The number of ketones is 2. The SMILES string of the molecule is CCCCCCCCCCCCCCCCCC(=O)c1c[n+](CC(=O)c2ccccc2)ccn1.Fc1c(F)c(F)c([B-](c2c(F)c(F)c(F)c(F)c2F)(c2c(F)c(F)c(F)c(F)c2F)c2c(F)c(F)c(F)c(F)c2F)c(F)c1F. The van der Waals surface area contributed by atoms with Crippen LogP contribution in [0.25, 0.3) is 0 Å². The van der Waals surface area contributed by atoms with Gasteiger partial charge in [0.25, 0.3) is 0 Å². The number of nitrogens with zero attached hydrogens (tertiary/aromatic N) is 2. The average Bonchev–Trinajstić information content (AvgIpc) is 3.58. The average molecular weight is 1140 g/mol. The van der Waals surface area contributed by atoms with Crippen molar-refractivity contribution < 1.29 is 102 Å². The van der Waals surface area contributed by atoms with Gasteiger partial charge in [-0.25, -0.2) is 92.8 Å². The molecule has 0 spiro atoms. The van der Waals surface area contributed by atoms with E-state index >= 15 is 35.1 Å². The minimum absolute atomic E-state index is 0.0256. The Morgan fingerprint density at radius 1 is 0.380 bits per heavy atom. The molecule has 0 aliphatic rings. The van der Waals surface area contributed by atoms with Gasteiger partial charge in [0.2, 0.25) is 12.3 Å². The lowest BCUT2D eigenvalue weighted by Crippen LogP contribution is -2.81. The number of carbonyl (C=O) groups is 2. The second kappa shape index (κ2) is 27.9. The van der Waals surface area contributed by atoms with Crippen molar-refractivity contribution in [3.05, 3.63) is 177 Å². The Bertz CT molecular complexity index is 2800. The molecule has 0 aliphatic carbocycles. The number of hydrogen-bond acceptors (Lipinski definition) is 3. The highest BCUT2D eigenvalue weighted by Crippen LogP contribution is 2.31. The molecule has 0 amide bonds. The second-order valence-corrected chi connectivity index (χ2v) is 18.3. The van der Waals surface area contributed by atoms with Crippen LogP contribution in [0.2, 0.25) is 0 Å². The molecule has 426 valence electrons. The maximum Gasteiger partial charge on any atom is 0.227 e. The van der Waals surface area contributed by atoms with Crippen molar-refractivity contribution in [3.8, 4) is 0 Å². The summed E-state index contributed by atoms with van der Waals surface area (Å²) in [5.74, 6) is -71.3. The van der Waals surface area contributed by atoms with E-state index in [4.69, 9.17) is 0 Å². The fraction of sp³-hybridized carbons (Fsp3) is 0.333. The molecule has 6 aromatic rings. The molecule has 0 aliphatic heterocycles. The smallest absolute Gasteiger partial charge is 0.227 e. The Balaban J connectivity index is 0.000000303. The molecule has 0 fully saturated rings. The van der Waals surface area contributed by atoms with Gasteiger partial charge in [0.05, 0.1) is 6.20 Å². The van der Waals surface area contributed by atoms with Gasteiger partial charge in [-0.1, -0.05) is 127 Å². The van der Waals surface area contributed by atoms with Crippen molar-refractivity contribution in [3.63, 3.8) is 0 Å². The highest BCUT2D eigenvalue weighted by molar-refractivity contribution is 7.20. The Morgan fingerprint density at radius 2 is 0.658 bits per heavy atom. The highest BCUT2D eigenvalue weighted by atomic mass is 19.2.